The molecule has 0 unspecified atom stereocenters. The number of carbonyl (C=O) groups is 1. The average Bonchev–Trinajstić information content (AvgIpc) is 2.26. The first kappa shape index (κ1) is 17.0. The molecule has 0 saturated heterocycles. The predicted molar refractivity (Wildman–Crippen MR) is 82.8 cm³/mol. The molecule has 1 rings (SSSR count). The largest absolute Gasteiger partial charge is 0.493 e. The van der Waals surface area contributed by atoms with Crippen molar-refractivity contribution in [1.82, 2.24) is 5.32 Å². The quantitative estimate of drug-likeness (QED) is 0.834. The summed E-state index contributed by atoms with van der Waals surface area (Å²) in [6.07, 6.45) is 0.242. The normalized spacial score (nSPS) is 12.1. The summed E-state index contributed by atoms with van der Waals surface area (Å²) in [5.74, 6) is 0.570. The van der Waals surface area contributed by atoms with E-state index < -0.39 is 11.1 Å². The molecule has 1 aromatic rings. The van der Waals surface area contributed by atoms with Gasteiger partial charge < -0.3 is 15.2 Å². The fourth-order valence-electron chi connectivity index (χ4n) is 1.38. The maximum Gasteiger partial charge on any atom is 0.223 e. The van der Waals surface area contributed by atoms with Crippen LogP contribution < -0.4 is 10.1 Å². The van der Waals surface area contributed by atoms with Gasteiger partial charge in [0.15, 0.2) is 0 Å². The zero-order valence-corrected chi connectivity index (χ0v) is 14.0. The van der Waals surface area contributed by atoms with Gasteiger partial charge in [0.05, 0.1) is 24.2 Å². The van der Waals surface area contributed by atoms with Crippen LogP contribution in [0.2, 0.25) is 0 Å². The molecule has 4 nitrogen and oxygen atoms in total. The monoisotopic (exact) mass is 343 g/mol. The molecular formula is C15H22BrNO3. The summed E-state index contributed by atoms with van der Waals surface area (Å²) in [5, 5.41) is 12.8. The second-order valence-electron chi connectivity index (χ2n) is 5.79. The van der Waals surface area contributed by atoms with E-state index in [9.17, 15) is 9.90 Å². The van der Waals surface area contributed by atoms with E-state index in [2.05, 4.69) is 21.2 Å². The highest BCUT2D eigenvalue weighted by Gasteiger charge is 2.36. The van der Waals surface area contributed by atoms with E-state index in [4.69, 9.17) is 4.74 Å². The van der Waals surface area contributed by atoms with Crippen LogP contribution >= 0.6 is 15.9 Å². The Morgan fingerprint density at radius 3 is 2.55 bits per heavy atom. The van der Waals surface area contributed by atoms with Crippen molar-refractivity contribution < 1.29 is 14.6 Å². The lowest BCUT2D eigenvalue weighted by atomic mass is 9.86. The van der Waals surface area contributed by atoms with E-state index in [-0.39, 0.29) is 12.3 Å². The van der Waals surface area contributed by atoms with E-state index >= 15 is 0 Å². The lowest BCUT2D eigenvalue weighted by Gasteiger charge is -2.38. The Labute approximate surface area is 128 Å². The van der Waals surface area contributed by atoms with Crippen molar-refractivity contribution in [2.45, 2.75) is 45.3 Å². The zero-order chi connectivity index (χ0) is 15.4. The summed E-state index contributed by atoms with van der Waals surface area (Å²) >= 11 is 3.36. The van der Waals surface area contributed by atoms with Crippen molar-refractivity contribution in [1.29, 1.82) is 0 Å². The Kier molecular flexibility index (Phi) is 5.59. The van der Waals surface area contributed by atoms with E-state index in [1.165, 1.54) is 0 Å². The Hall–Kier alpha value is -1.07. The van der Waals surface area contributed by atoms with Crippen LogP contribution in [-0.2, 0) is 4.79 Å². The highest BCUT2D eigenvalue weighted by atomic mass is 79.9. The maximum atomic E-state index is 11.9. The molecule has 0 bridgehead atoms. The summed E-state index contributed by atoms with van der Waals surface area (Å²) in [6, 6.07) is 7.46. The second kappa shape index (κ2) is 6.59. The average molecular weight is 344 g/mol. The van der Waals surface area contributed by atoms with Gasteiger partial charge in [-0.1, -0.05) is 22.0 Å². The highest BCUT2D eigenvalue weighted by molar-refractivity contribution is 9.10. The molecule has 2 N–H and O–H groups in total. The third-order valence-corrected chi connectivity index (χ3v) is 3.87. The Balaban J connectivity index is 2.41. The molecule has 112 valence electrons. The molecule has 1 aromatic carbocycles. The summed E-state index contributed by atoms with van der Waals surface area (Å²) < 4.78 is 6.44. The SMILES string of the molecule is CC(C)(O)C(C)(C)NC(=O)CCOc1cccc(Br)c1. The Bertz CT molecular complexity index is 466. The number of amides is 1. The number of rotatable bonds is 6. The van der Waals surface area contributed by atoms with Crippen LogP contribution in [0.25, 0.3) is 0 Å². The summed E-state index contributed by atoms with van der Waals surface area (Å²) in [5.41, 5.74) is -1.69. The van der Waals surface area contributed by atoms with Crippen LogP contribution in [0.5, 0.6) is 5.75 Å². The van der Waals surface area contributed by atoms with Crippen molar-refractivity contribution >= 4 is 21.8 Å². The molecule has 0 aliphatic rings. The molecule has 0 saturated carbocycles. The van der Waals surface area contributed by atoms with E-state index in [0.717, 1.165) is 4.47 Å². The standard InChI is InChI=1S/C15H22BrNO3/c1-14(2,15(3,4)19)17-13(18)8-9-20-12-7-5-6-11(16)10-12/h5-7,10,19H,8-9H2,1-4H3,(H,17,18). The van der Waals surface area contributed by atoms with Crippen LogP contribution in [0.15, 0.2) is 28.7 Å². The minimum absolute atomic E-state index is 0.146. The molecule has 0 aliphatic heterocycles. The van der Waals surface area contributed by atoms with E-state index in [0.29, 0.717) is 12.4 Å². The molecule has 0 aromatic heterocycles. The Morgan fingerprint density at radius 1 is 1.35 bits per heavy atom. The molecule has 5 heteroatoms. The molecule has 0 fully saturated rings. The first-order chi connectivity index (χ1) is 9.12. The molecule has 0 spiro atoms. The van der Waals surface area contributed by atoms with E-state index in [1.807, 2.05) is 24.3 Å². The number of benzene rings is 1. The van der Waals surface area contributed by atoms with Gasteiger partial charge in [-0.15, -0.1) is 0 Å². The summed E-state index contributed by atoms with van der Waals surface area (Å²) in [4.78, 5) is 11.9. The molecule has 0 radical (unpaired) electrons. The van der Waals surface area contributed by atoms with Crippen molar-refractivity contribution in [3.05, 3.63) is 28.7 Å². The number of hydrogen-bond donors (Lipinski definition) is 2. The zero-order valence-electron chi connectivity index (χ0n) is 12.4. The smallest absolute Gasteiger partial charge is 0.223 e. The fraction of sp³-hybridized carbons (Fsp3) is 0.533. The summed E-state index contributed by atoms with van der Waals surface area (Å²) in [7, 11) is 0. The van der Waals surface area contributed by atoms with E-state index in [1.54, 1.807) is 27.7 Å². The molecule has 0 atom stereocenters. The van der Waals surface area contributed by atoms with Crippen molar-refractivity contribution in [3.8, 4) is 5.75 Å². The fourth-order valence-corrected chi connectivity index (χ4v) is 1.76. The molecule has 1 amide bonds. The van der Waals surface area contributed by atoms with Crippen molar-refractivity contribution in [2.24, 2.45) is 0 Å². The summed E-state index contributed by atoms with van der Waals surface area (Å²) in [6.45, 7) is 7.22. The topological polar surface area (TPSA) is 58.6 Å². The van der Waals surface area contributed by atoms with Gasteiger partial charge in [0.2, 0.25) is 5.91 Å². The van der Waals surface area contributed by atoms with Gasteiger partial charge in [-0.25, -0.2) is 0 Å². The van der Waals surface area contributed by atoms with Gasteiger partial charge in [0, 0.05) is 4.47 Å². The number of hydrogen-bond acceptors (Lipinski definition) is 3. The first-order valence-electron chi connectivity index (χ1n) is 6.53. The number of ether oxygens (including phenoxy) is 1. The van der Waals surface area contributed by atoms with Gasteiger partial charge in [0.1, 0.15) is 5.75 Å². The lowest BCUT2D eigenvalue weighted by Crippen LogP contribution is -2.57. The van der Waals surface area contributed by atoms with Gasteiger partial charge in [0.25, 0.3) is 0 Å². The molecule has 0 aliphatic carbocycles. The maximum absolute atomic E-state index is 11.9. The third-order valence-electron chi connectivity index (χ3n) is 3.38. The lowest BCUT2D eigenvalue weighted by molar-refractivity contribution is -0.126. The van der Waals surface area contributed by atoms with Crippen LogP contribution in [0.4, 0.5) is 0 Å². The van der Waals surface area contributed by atoms with Crippen LogP contribution in [-0.4, -0.2) is 28.8 Å². The van der Waals surface area contributed by atoms with Gasteiger partial charge in [-0.2, -0.15) is 0 Å². The van der Waals surface area contributed by atoms with Gasteiger partial charge in [-0.3, -0.25) is 4.79 Å². The van der Waals surface area contributed by atoms with Crippen LogP contribution in [0, 0.1) is 0 Å². The molecule has 0 heterocycles. The minimum Gasteiger partial charge on any atom is -0.493 e. The predicted octanol–water partition coefficient (Wildman–Crippen LogP) is 2.88. The number of aliphatic hydroxyl groups is 1. The number of nitrogens with one attached hydrogen (secondary N) is 1. The van der Waals surface area contributed by atoms with Crippen LogP contribution in [0.1, 0.15) is 34.1 Å². The molecular weight excluding hydrogens is 322 g/mol. The third kappa shape index (κ3) is 5.13. The van der Waals surface area contributed by atoms with Crippen LogP contribution in [0.3, 0.4) is 0 Å². The number of halogens is 1. The minimum atomic E-state index is -0.992. The second-order valence-corrected chi connectivity index (χ2v) is 6.70. The highest BCUT2D eigenvalue weighted by Crippen LogP contribution is 2.21. The van der Waals surface area contributed by atoms with Crippen molar-refractivity contribution in [2.75, 3.05) is 6.61 Å². The first-order valence-corrected chi connectivity index (χ1v) is 7.33. The van der Waals surface area contributed by atoms with Gasteiger partial charge in [-0.05, 0) is 45.9 Å². The van der Waals surface area contributed by atoms with Crippen molar-refractivity contribution in [3.63, 3.8) is 0 Å². The van der Waals surface area contributed by atoms with Gasteiger partial charge >= 0.3 is 0 Å². The number of carbonyl (C=O) groups excluding carboxylic acids is 1. The Morgan fingerprint density at radius 2 is 2.00 bits per heavy atom. The molecule has 20 heavy (non-hydrogen) atoms.